The summed E-state index contributed by atoms with van der Waals surface area (Å²) < 4.78 is 7.35. The first kappa shape index (κ1) is 22.7. The number of ether oxygens (including phenoxy) is 1. The van der Waals surface area contributed by atoms with Gasteiger partial charge in [0.15, 0.2) is 0 Å². The van der Waals surface area contributed by atoms with E-state index in [9.17, 15) is 9.59 Å². The van der Waals surface area contributed by atoms with Crippen LogP contribution in [0.5, 0.6) is 0 Å². The summed E-state index contributed by atoms with van der Waals surface area (Å²) in [5, 5.41) is 9.31. The number of primary amides is 1. The van der Waals surface area contributed by atoms with Crippen LogP contribution in [-0.4, -0.2) is 76.1 Å². The zero-order valence-corrected chi connectivity index (χ0v) is 19.3. The third-order valence-corrected chi connectivity index (χ3v) is 6.25. The van der Waals surface area contributed by atoms with Crippen molar-refractivity contribution in [2.75, 3.05) is 44.3 Å². The molecule has 2 aromatic carbocycles. The van der Waals surface area contributed by atoms with E-state index in [-0.39, 0.29) is 5.91 Å². The number of para-hydroxylation sites is 1. The summed E-state index contributed by atoms with van der Waals surface area (Å²) in [6.07, 6.45) is 0.332. The zero-order valence-electron chi connectivity index (χ0n) is 19.3. The number of anilines is 1. The molecule has 0 unspecified atom stereocenters. The Morgan fingerprint density at radius 2 is 1.77 bits per heavy atom. The third-order valence-electron chi connectivity index (χ3n) is 6.25. The maximum absolute atomic E-state index is 12.6. The number of carbonyl (C=O) groups is 2. The summed E-state index contributed by atoms with van der Waals surface area (Å²) in [6, 6.07) is 17.2. The van der Waals surface area contributed by atoms with Crippen molar-refractivity contribution < 1.29 is 14.3 Å². The molecule has 2 amide bonds. The summed E-state index contributed by atoms with van der Waals surface area (Å²) >= 11 is 0. The van der Waals surface area contributed by atoms with Gasteiger partial charge in [-0.15, -0.1) is 5.10 Å². The Bertz CT molecular complexity index is 1360. The van der Waals surface area contributed by atoms with Gasteiger partial charge in [-0.05, 0) is 36.4 Å². The number of rotatable bonds is 8. The minimum atomic E-state index is -0.497. The van der Waals surface area contributed by atoms with E-state index < -0.39 is 5.91 Å². The molecule has 0 spiro atoms. The molecule has 0 aliphatic carbocycles. The van der Waals surface area contributed by atoms with Crippen LogP contribution in [0.3, 0.4) is 0 Å². The van der Waals surface area contributed by atoms with Gasteiger partial charge in [-0.3, -0.25) is 9.59 Å². The smallest absolute Gasteiger partial charge is 0.248 e. The van der Waals surface area contributed by atoms with Gasteiger partial charge in [0.1, 0.15) is 11.3 Å². The lowest BCUT2D eigenvalue weighted by Gasteiger charge is -2.35. The molecule has 0 bridgehead atoms. The molecule has 1 fully saturated rings. The summed E-state index contributed by atoms with van der Waals surface area (Å²) in [7, 11) is 0. The molecular weight excluding hydrogens is 446 g/mol. The number of hydrogen-bond donors (Lipinski definition) is 1. The monoisotopic (exact) mass is 473 g/mol. The number of hydrogen-bond acceptors (Lipinski definition) is 7. The fourth-order valence-electron chi connectivity index (χ4n) is 4.27. The molecule has 5 rings (SSSR count). The maximum Gasteiger partial charge on any atom is 0.248 e. The van der Waals surface area contributed by atoms with E-state index in [1.807, 2.05) is 29.2 Å². The average molecular weight is 474 g/mol. The summed E-state index contributed by atoms with van der Waals surface area (Å²) in [6.45, 7) is 4.03. The largest absolute Gasteiger partial charge is 0.379 e. The zero-order chi connectivity index (χ0) is 24.2. The van der Waals surface area contributed by atoms with Crippen molar-refractivity contribution in [2.24, 2.45) is 5.73 Å². The van der Waals surface area contributed by atoms with Crippen LogP contribution in [0, 0.1) is 0 Å². The van der Waals surface area contributed by atoms with Crippen molar-refractivity contribution in [3.05, 3.63) is 60.2 Å². The van der Waals surface area contributed by atoms with E-state index in [0.717, 1.165) is 35.3 Å². The molecule has 2 N–H and O–H groups in total. The van der Waals surface area contributed by atoms with Crippen LogP contribution in [0.2, 0.25) is 0 Å². The number of amides is 2. The van der Waals surface area contributed by atoms with Gasteiger partial charge in [-0.2, -0.15) is 0 Å². The van der Waals surface area contributed by atoms with Gasteiger partial charge < -0.3 is 20.3 Å². The number of nitrogens with two attached hydrogens (primary N) is 1. The normalized spacial score (nSPS) is 14.1. The van der Waals surface area contributed by atoms with Crippen LogP contribution in [0.15, 0.2) is 54.6 Å². The van der Waals surface area contributed by atoms with Crippen molar-refractivity contribution in [1.82, 2.24) is 24.9 Å². The average Bonchev–Trinajstić information content (AvgIpc) is 3.30. The van der Waals surface area contributed by atoms with E-state index >= 15 is 0 Å². The number of pyridine rings is 1. The van der Waals surface area contributed by atoms with Gasteiger partial charge in [-0.25, -0.2) is 9.67 Å². The predicted molar refractivity (Wildman–Crippen MR) is 132 cm³/mol. The number of carbonyl (C=O) groups excluding carboxylic acids is 2. The van der Waals surface area contributed by atoms with Crippen molar-refractivity contribution >= 4 is 39.6 Å². The van der Waals surface area contributed by atoms with Crippen LogP contribution in [-0.2, 0) is 16.1 Å². The van der Waals surface area contributed by atoms with Crippen LogP contribution >= 0.6 is 0 Å². The van der Waals surface area contributed by atoms with Gasteiger partial charge in [0.2, 0.25) is 11.8 Å². The van der Waals surface area contributed by atoms with Gasteiger partial charge in [0.05, 0.1) is 37.2 Å². The minimum absolute atomic E-state index is 0.0911. The number of piperazine rings is 1. The molecule has 1 aliphatic heterocycles. The van der Waals surface area contributed by atoms with Gasteiger partial charge >= 0.3 is 0 Å². The number of nitrogens with zero attached hydrogens (tertiary/aromatic N) is 6. The van der Waals surface area contributed by atoms with E-state index in [0.29, 0.717) is 50.3 Å². The number of benzene rings is 2. The van der Waals surface area contributed by atoms with Crippen molar-refractivity contribution in [1.29, 1.82) is 0 Å². The topological polar surface area (TPSA) is 119 Å². The first-order chi connectivity index (χ1) is 17.1. The fraction of sp³-hybridized carbons (Fsp3) is 0.320. The highest BCUT2D eigenvalue weighted by atomic mass is 16.5. The molecule has 10 nitrogen and oxygen atoms in total. The Morgan fingerprint density at radius 1 is 0.943 bits per heavy atom. The summed E-state index contributed by atoms with van der Waals surface area (Å²) in [5.41, 5.74) is 8.15. The fourth-order valence-corrected chi connectivity index (χ4v) is 4.27. The maximum atomic E-state index is 12.6. The summed E-state index contributed by atoms with van der Waals surface area (Å²) in [5.74, 6) is 0.542. The number of aromatic nitrogens is 4. The molecule has 10 heteroatoms. The lowest BCUT2D eigenvalue weighted by molar-refractivity contribution is -0.132. The highest BCUT2D eigenvalue weighted by Gasteiger charge is 2.21. The van der Waals surface area contributed by atoms with Gasteiger partial charge in [-0.1, -0.05) is 23.4 Å². The molecule has 0 radical (unpaired) electrons. The van der Waals surface area contributed by atoms with E-state index in [1.165, 1.54) is 0 Å². The molecule has 35 heavy (non-hydrogen) atoms. The molecule has 3 heterocycles. The molecule has 1 aliphatic rings. The Labute approximate surface area is 202 Å². The van der Waals surface area contributed by atoms with Gasteiger partial charge in [0, 0.05) is 37.1 Å². The highest BCUT2D eigenvalue weighted by Crippen LogP contribution is 2.19. The molecule has 2 aromatic heterocycles. The Hall–Kier alpha value is -4.05. The number of fused-ring (bicyclic) bond motifs is 2. The molecule has 180 valence electrons. The predicted octanol–water partition coefficient (Wildman–Crippen LogP) is 1.83. The van der Waals surface area contributed by atoms with Gasteiger partial charge in [0.25, 0.3) is 0 Å². The standard InChI is InChI=1S/C25H27N7O3/c26-25(34)19-5-7-21-22(17-19)32(29-28-21)14-16-35-15-9-24(33)31-12-10-30(11-13-31)23-8-6-18-3-1-2-4-20(18)27-23/h1-8,17H,9-16H2,(H2,26,34). The SMILES string of the molecule is NC(=O)c1ccc2nnn(CCOCCC(=O)N3CCN(c4ccc5ccccc5n4)CC3)c2c1. The van der Waals surface area contributed by atoms with E-state index in [1.54, 1.807) is 22.9 Å². The van der Waals surface area contributed by atoms with E-state index in [4.69, 9.17) is 15.5 Å². The molecule has 0 saturated carbocycles. The molecule has 0 atom stereocenters. The second-order valence-corrected chi connectivity index (χ2v) is 8.47. The van der Waals surface area contributed by atoms with Crippen LogP contribution in [0.1, 0.15) is 16.8 Å². The van der Waals surface area contributed by atoms with Crippen LogP contribution in [0.25, 0.3) is 21.9 Å². The van der Waals surface area contributed by atoms with Crippen LogP contribution in [0.4, 0.5) is 5.82 Å². The van der Waals surface area contributed by atoms with Crippen molar-refractivity contribution in [3.8, 4) is 0 Å². The first-order valence-electron chi connectivity index (χ1n) is 11.7. The lowest BCUT2D eigenvalue weighted by Crippen LogP contribution is -2.49. The quantitative estimate of drug-likeness (QED) is 0.388. The second-order valence-electron chi connectivity index (χ2n) is 8.47. The van der Waals surface area contributed by atoms with Crippen LogP contribution < -0.4 is 10.6 Å². The van der Waals surface area contributed by atoms with Crippen molar-refractivity contribution in [2.45, 2.75) is 13.0 Å². The second kappa shape index (κ2) is 10.1. The minimum Gasteiger partial charge on any atom is -0.379 e. The van der Waals surface area contributed by atoms with E-state index in [2.05, 4.69) is 27.3 Å². The Kier molecular flexibility index (Phi) is 6.53. The first-order valence-corrected chi connectivity index (χ1v) is 11.7. The Morgan fingerprint density at radius 3 is 2.60 bits per heavy atom. The third kappa shape index (κ3) is 5.07. The summed E-state index contributed by atoms with van der Waals surface area (Å²) in [4.78, 5) is 32.9. The van der Waals surface area contributed by atoms with Crippen molar-refractivity contribution in [3.63, 3.8) is 0 Å². The Balaban J connectivity index is 1.06. The molecule has 1 saturated heterocycles. The molecular formula is C25H27N7O3. The lowest BCUT2D eigenvalue weighted by atomic mass is 10.2. The highest BCUT2D eigenvalue weighted by molar-refractivity contribution is 5.96. The molecule has 4 aromatic rings.